The van der Waals surface area contributed by atoms with Crippen molar-refractivity contribution in [2.45, 2.75) is 20.4 Å². The quantitative estimate of drug-likeness (QED) is 0.432. The number of hydrogen-bond donors (Lipinski definition) is 1. The normalized spacial score (nSPS) is 11.2. The van der Waals surface area contributed by atoms with Crippen molar-refractivity contribution in [3.8, 4) is 22.6 Å². The Morgan fingerprint density at radius 3 is 2.41 bits per heavy atom. The SMILES string of the molecule is Cc1ccc(Cn2nc(-c3nc4ccc(-c5ccccc5)cc4[nH]3)cc2C)cc1. The molecule has 142 valence electrons. The molecule has 0 spiro atoms. The predicted molar refractivity (Wildman–Crippen MR) is 118 cm³/mol. The van der Waals surface area contributed by atoms with Gasteiger partial charge in [-0.2, -0.15) is 5.10 Å². The van der Waals surface area contributed by atoms with Crippen molar-refractivity contribution in [2.75, 3.05) is 0 Å². The van der Waals surface area contributed by atoms with Crippen molar-refractivity contribution in [3.05, 3.63) is 95.7 Å². The minimum absolute atomic E-state index is 0.754. The second kappa shape index (κ2) is 7.06. The number of fused-ring (bicyclic) bond motifs is 1. The summed E-state index contributed by atoms with van der Waals surface area (Å²) in [4.78, 5) is 8.21. The molecule has 0 fully saturated rings. The molecular formula is C25H22N4. The van der Waals surface area contributed by atoms with Crippen molar-refractivity contribution in [3.63, 3.8) is 0 Å². The van der Waals surface area contributed by atoms with E-state index in [9.17, 15) is 0 Å². The fourth-order valence-electron chi connectivity index (χ4n) is 3.59. The van der Waals surface area contributed by atoms with Crippen LogP contribution in [0, 0.1) is 13.8 Å². The number of aromatic nitrogens is 4. The molecule has 5 rings (SSSR count). The number of H-pyrrole nitrogens is 1. The van der Waals surface area contributed by atoms with Crippen LogP contribution in [0.4, 0.5) is 0 Å². The smallest absolute Gasteiger partial charge is 0.159 e. The van der Waals surface area contributed by atoms with E-state index < -0.39 is 0 Å². The highest BCUT2D eigenvalue weighted by atomic mass is 15.3. The molecule has 0 bridgehead atoms. The minimum atomic E-state index is 0.754. The minimum Gasteiger partial charge on any atom is -0.337 e. The molecule has 0 radical (unpaired) electrons. The average Bonchev–Trinajstić information content (AvgIpc) is 3.33. The van der Waals surface area contributed by atoms with Gasteiger partial charge in [0.2, 0.25) is 0 Å². The fourth-order valence-corrected chi connectivity index (χ4v) is 3.59. The number of nitrogens with one attached hydrogen (secondary N) is 1. The third-order valence-corrected chi connectivity index (χ3v) is 5.27. The standard InChI is InChI=1S/C25H22N4/c1-17-8-10-19(11-9-17)16-29-18(2)14-24(28-29)25-26-22-13-12-21(15-23(22)27-25)20-6-4-3-5-7-20/h3-15H,16H2,1-2H3,(H,26,27). The third-order valence-electron chi connectivity index (χ3n) is 5.27. The maximum absolute atomic E-state index is 4.80. The highest BCUT2D eigenvalue weighted by molar-refractivity contribution is 5.84. The summed E-state index contributed by atoms with van der Waals surface area (Å²) in [5.41, 5.74) is 8.84. The van der Waals surface area contributed by atoms with Gasteiger partial charge in [0.1, 0.15) is 5.69 Å². The first kappa shape index (κ1) is 17.4. The topological polar surface area (TPSA) is 46.5 Å². The van der Waals surface area contributed by atoms with Crippen LogP contribution >= 0.6 is 0 Å². The van der Waals surface area contributed by atoms with Crippen molar-refractivity contribution >= 4 is 11.0 Å². The summed E-state index contributed by atoms with van der Waals surface area (Å²) in [5.74, 6) is 0.802. The van der Waals surface area contributed by atoms with Gasteiger partial charge in [-0.05, 0) is 48.7 Å². The molecule has 2 heterocycles. The van der Waals surface area contributed by atoms with Crippen molar-refractivity contribution in [1.29, 1.82) is 0 Å². The lowest BCUT2D eigenvalue weighted by atomic mass is 10.1. The van der Waals surface area contributed by atoms with Crippen LogP contribution in [0.3, 0.4) is 0 Å². The highest BCUT2D eigenvalue weighted by Crippen LogP contribution is 2.26. The summed E-state index contributed by atoms with van der Waals surface area (Å²) >= 11 is 0. The second-order valence-corrected chi connectivity index (χ2v) is 7.50. The molecule has 5 aromatic rings. The predicted octanol–water partition coefficient (Wildman–Crippen LogP) is 5.76. The lowest BCUT2D eigenvalue weighted by Crippen LogP contribution is -2.03. The summed E-state index contributed by atoms with van der Waals surface area (Å²) in [5, 5.41) is 4.80. The van der Waals surface area contributed by atoms with Crippen LogP contribution in [0.1, 0.15) is 16.8 Å². The lowest BCUT2D eigenvalue weighted by molar-refractivity contribution is 0.666. The maximum atomic E-state index is 4.80. The first-order valence-corrected chi connectivity index (χ1v) is 9.81. The number of rotatable bonds is 4. The number of benzene rings is 3. The van der Waals surface area contributed by atoms with Gasteiger partial charge in [0.25, 0.3) is 0 Å². The van der Waals surface area contributed by atoms with E-state index in [1.54, 1.807) is 0 Å². The van der Waals surface area contributed by atoms with E-state index >= 15 is 0 Å². The zero-order valence-electron chi connectivity index (χ0n) is 16.6. The fraction of sp³-hybridized carbons (Fsp3) is 0.120. The van der Waals surface area contributed by atoms with E-state index in [4.69, 9.17) is 10.1 Å². The van der Waals surface area contributed by atoms with Gasteiger partial charge in [0.05, 0.1) is 17.6 Å². The number of hydrogen-bond acceptors (Lipinski definition) is 2. The van der Waals surface area contributed by atoms with Gasteiger partial charge >= 0.3 is 0 Å². The van der Waals surface area contributed by atoms with E-state index in [0.717, 1.165) is 34.8 Å². The van der Waals surface area contributed by atoms with Gasteiger partial charge in [0, 0.05) is 5.69 Å². The number of aromatic amines is 1. The van der Waals surface area contributed by atoms with Crippen LogP contribution in [0.25, 0.3) is 33.7 Å². The maximum Gasteiger partial charge on any atom is 0.159 e. The number of nitrogens with zero attached hydrogens (tertiary/aromatic N) is 3. The van der Waals surface area contributed by atoms with Crippen LogP contribution in [0.2, 0.25) is 0 Å². The van der Waals surface area contributed by atoms with E-state index in [1.807, 2.05) is 10.7 Å². The molecule has 4 nitrogen and oxygen atoms in total. The van der Waals surface area contributed by atoms with Crippen LogP contribution < -0.4 is 0 Å². The summed E-state index contributed by atoms with van der Waals surface area (Å²) in [7, 11) is 0. The molecule has 29 heavy (non-hydrogen) atoms. The van der Waals surface area contributed by atoms with Crippen LogP contribution in [0.5, 0.6) is 0 Å². The largest absolute Gasteiger partial charge is 0.337 e. The van der Waals surface area contributed by atoms with Gasteiger partial charge in [-0.15, -0.1) is 0 Å². The zero-order chi connectivity index (χ0) is 19.8. The van der Waals surface area contributed by atoms with Crippen molar-refractivity contribution in [2.24, 2.45) is 0 Å². The van der Waals surface area contributed by atoms with Gasteiger partial charge in [-0.1, -0.05) is 66.2 Å². The molecule has 3 aromatic carbocycles. The molecular weight excluding hydrogens is 356 g/mol. The Morgan fingerprint density at radius 2 is 1.62 bits per heavy atom. The first-order valence-electron chi connectivity index (χ1n) is 9.81. The summed E-state index contributed by atoms with van der Waals surface area (Å²) in [6.07, 6.45) is 0. The Balaban J connectivity index is 1.47. The Bertz CT molecular complexity index is 1280. The first-order chi connectivity index (χ1) is 14.2. The zero-order valence-corrected chi connectivity index (χ0v) is 16.6. The molecule has 0 saturated carbocycles. The molecule has 0 atom stereocenters. The van der Waals surface area contributed by atoms with E-state index in [-0.39, 0.29) is 0 Å². The Hall–Kier alpha value is -3.66. The van der Waals surface area contributed by atoms with E-state index in [2.05, 4.69) is 91.6 Å². The second-order valence-electron chi connectivity index (χ2n) is 7.50. The van der Waals surface area contributed by atoms with Crippen LogP contribution in [-0.2, 0) is 6.54 Å². The molecule has 0 aliphatic heterocycles. The van der Waals surface area contributed by atoms with Crippen molar-refractivity contribution in [1.82, 2.24) is 19.7 Å². The molecule has 2 aromatic heterocycles. The van der Waals surface area contributed by atoms with E-state index in [1.165, 1.54) is 22.3 Å². The summed E-state index contributed by atoms with van der Waals surface area (Å²) < 4.78 is 2.03. The third kappa shape index (κ3) is 3.45. The summed E-state index contributed by atoms with van der Waals surface area (Å²) in [6, 6.07) is 27.4. The molecule has 0 unspecified atom stereocenters. The van der Waals surface area contributed by atoms with Gasteiger partial charge in [0.15, 0.2) is 5.82 Å². The average molecular weight is 378 g/mol. The molecule has 0 aliphatic carbocycles. The lowest BCUT2D eigenvalue weighted by Gasteiger charge is -2.04. The van der Waals surface area contributed by atoms with Crippen LogP contribution in [0.15, 0.2) is 78.9 Å². The number of imidazole rings is 1. The van der Waals surface area contributed by atoms with E-state index in [0.29, 0.717) is 0 Å². The molecule has 4 heteroatoms. The molecule has 0 saturated heterocycles. The molecule has 1 N–H and O–H groups in total. The Morgan fingerprint density at radius 1 is 0.828 bits per heavy atom. The monoisotopic (exact) mass is 378 g/mol. The van der Waals surface area contributed by atoms with Gasteiger partial charge < -0.3 is 4.98 Å². The van der Waals surface area contributed by atoms with Gasteiger partial charge in [-0.3, -0.25) is 4.68 Å². The Labute approximate surface area is 169 Å². The van der Waals surface area contributed by atoms with Crippen LogP contribution in [-0.4, -0.2) is 19.7 Å². The molecule has 0 amide bonds. The van der Waals surface area contributed by atoms with Crippen molar-refractivity contribution < 1.29 is 0 Å². The number of aryl methyl sites for hydroxylation is 2. The van der Waals surface area contributed by atoms with Gasteiger partial charge in [-0.25, -0.2) is 4.98 Å². The Kier molecular flexibility index (Phi) is 4.24. The highest BCUT2D eigenvalue weighted by Gasteiger charge is 2.12. The summed E-state index contributed by atoms with van der Waals surface area (Å²) in [6.45, 7) is 4.94. The molecule has 0 aliphatic rings.